The van der Waals surface area contributed by atoms with Crippen LogP contribution in [0.2, 0.25) is 5.02 Å². The van der Waals surface area contributed by atoms with Crippen LogP contribution in [0, 0.1) is 0 Å². The van der Waals surface area contributed by atoms with E-state index in [1.54, 1.807) is 11.3 Å². The van der Waals surface area contributed by atoms with Gasteiger partial charge in [0.25, 0.3) is 0 Å². The SMILES string of the molecule is CNC(Cc1ccn(C(C)C)n1)c1sccc1Cl. The first kappa shape index (κ1) is 13.6. The van der Waals surface area contributed by atoms with E-state index in [1.165, 1.54) is 4.88 Å². The van der Waals surface area contributed by atoms with E-state index in [2.05, 4.69) is 30.3 Å². The van der Waals surface area contributed by atoms with Crippen LogP contribution >= 0.6 is 22.9 Å². The largest absolute Gasteiger partial charge is 0.312 e. The molecule has 5 heteroatoms. The van der Waals surface area contributed by atoms with Gasteiger partial charge in [-0.25, -0.2) is 0 Å². The van der Waals surface area contributed by atoms with Crippen molar-refractivity contribution in [3.8, 4) is 0 Å². The average Bonchev–Trinajstić information content (AvgIpc) is 2.95. The molecule has 0 aromatic carbocycles. The summed E-state index contributed by atoms with van der Waals surface area (Å²) < 4.78 is 1.98. The monoisotopic (exact) mass is 283 g/mol. The second-order valence-electron chi connectivity index (χ2n) is 4.56. The number of rotatable bonds is 5. The van der Waals surface area contributed by atoms with Gasteiger partial charge in [0.15, 0.2) is 0 Å². The fourth-order valence-electron chi connectivity index (χ4n) is 1.86. The van der Waals surface area contributed by atoms with Crippen LogP contribution in [0.15, 0.2) is 23.7 Å². The third-order valence-electron chi connectivity index (χ3n) is 2.92. The van der Waals surface area contributed by atoms with Gasteiger partial charge in [-0.2, -0.15) is 5.10 Å². The molecule has 1 unspecified atom stereocenters. The first-order valence-electron chi connectivity index (χ1n) is 6.06. The summed E-state index contributed by atoms with van der Waals surface area (Å²) in [6, 6.07) is 4.65. The zero-order chi connectivity index (χ0) is 13.1. The van der Waals surface area contributed by atoms with E-state index < -0.39 is 0 Å². The minimum absolute atomic E-state index is 0.230. The third-order valence-corrected chi connectivity index (χ3v) is 4.39. The predicted molar refractivity (Wildman–Crippen MR) is 77.4 cm³/mol. The molecule has 0 radical (unpaired) electrons. The molecule has 0 aliphatic carbocycles. The maximum Gasteiger partial charge on any atom is 0.0644 e. The number of nitrogens with one attached hydrogen (secondary N) is 1. The van der Waals surface area contributed by atoms with Gasteiger partial charge < -0.3 is 5.32 Å². The van der Waals surface area contributed by atoms with Crippen LogP contribution in [0.3, 0.4) is 0 Å². The van der Waals surface area contributed by atoms with Crippen LogP contribution in [0.4, 0.5) is 0 Å². The standard InChI is InChI=1S/C13H18ClN3S/c1-9(2)17-6-4-10(16-17)8-12(15-3)13-11(14)5-7-18-13/h4-7,9,12,15H,8H2,1-3H3. The van der Waals surface area contributed by atoms with Gasteiger partial charge in [-0.05, 0) is 38.4 Å². The van der Waals surface area contributed by atoms with Crippen LogP contribution in [-0.4, -0.2) is 16.8 Å². The summed E-state index contributed by atoms with van der Waals surface area (Å²) >= 11 is 7.87. The molecule has 0 aliphatic heterocycles. The number of hydrogen-bond donors (Lipinski definition) is 1. The van der Waals surface area contributed by atoms with Crippen molar-refractivity contribution in [3.63, 3.8) is 0 Å². The molecule has 0 spiro atoms. The number of likely N-dealkylation sites (N-methyl/N-ethyl adjacent to an activating group) is 1. The fraction of sp³-hybridized carbons (Fsp3) is 0.462. The Morgan fingerprint density at radius 1 is 1.44 bits per heavy atom. The van der Waals surface area contributed by atoms with E-state index >= 15 is 0 Å². The lowest BCUT2D eigenvalue weighted by Gasteiger charge is -2.14. The van der Waals surface area contributed by atoms with Gasteiger partial charge in [0.05, 0.1) is 10.7 Å². The predicted octanol–water partition coefficient (Wildman–Crippen LogP) is 3.68. The van der Waals surface area contributed by atoms with Crippen molar-refractivity contribution in [2.75, 3.05) is 7.05 Å². The summed E-state index contributed by atoms with van der Waals surface area (Å²) in [6.45, 7) is 4.25. The van der Waals surface area contributed by atoms with E-state index in [1.807, 2.05) is 29.4 Å². The first-order chi connectivity index (χ1) is 8.61. The molecule has 0 saturated heterocycles. The second kappa shape index (κ2) is 5.87. The van der Waals surface area contributed by atoms with Crippen molar-refractivity contribution in [1.82, 2.24) is 15.1 Å². The zero-order valence-electron chi connectivity index (χ0n) is 10.9. The van der Waals surface area contributed by atoms with E-state index in [-0.39, 0.29) is 6.04 Å². The Kier molecular flexibility index (Phi) is 4.43. The highest BCUT2D eigenvalue weighted by atomic mass is 35.5. The molecule has 0 amide bonds. The van der Waals surface area contributed by atoms with Gasteiger partial charge in [0, 0.05) is 29.6 Å². The molecule has 0 fully saturated rings. The lowest BCUT2D eigenvalue weighted by molar-refractivity contribution is 0.516. The molecule has 2 rings (SSSR count). The van der Waals surface area contributed by atoms with Gasteiger partial charge in [0.1, 0.15) is 0 Å². The number of halogens is 1. The van der Waals surface area contributed by atoms with Crippen molar-refractivity contribution >= 4 is 22.9 Å². The van der Waals surface area contributed by atoms with Crippen molar-refractivity contribution < 1.29 is 0 Å². The highest BCUT2D eigenvalue weighted by Gasteiger charge is 2.16. The number of thiophene rings is 1. The molecule has 2 heterocycles. The minimum Gasteiger partial charge on any atom is -0.312 e. The summed E-state index contributed by atoms with van der Waals surface area (Å²) in [5.74, 6) is 0. The topological polar surface area (TPSA) is 29.9 Å². The van der Waals surface area contributed by atoms with Crippen LogP contribution in [0.1, 0.15) is 36.5 Å². The minimum atomic E-state index is 0.230. The Morgan fingerprint density at radius 3 is 2.72 bits per heavy atom. The Labute approximate surface area is 117 Å². The van der Waals surface area contributed by atoms with Crippen molar-refractivity contribution in [1.29, 1.82) is 0 Å². The molecule has 98 valence electrons. The molecule has 0 saturated carbocycles. The van der Waals surface area contributed by atoms with Gasteiger partial charge >= 0.3 is 0 Å². The van der Waals surface area contributed by atoms with Gasteiger partial charge in [-0.1, -0.05) is 11.6 Å². The lowest BCUT2D eigenvalue weighted by atomic mass is 10.1. The fourth-order valence-corrected chi connectivity index (χ4v) is 3.16. The highest BCUT2D eigenvalue weighted by Crippen LogP contribution is 2.30. The molecule has 3 nitrogen and oxygen atoms in total. The molecule has 18 heavy (non-hydrogen) atoms. The smallest absolute Gasteiger partial charge is 0.0644 e. The summed E-state index contributed by atoms with van der Waals surface area (Å²) in [6.07, 6.45) is 2.89. The molecule has 2 aromatic rings. The quantitative estimate of drug-likeness (QED) is 0.907. The molecule has 1 N–H and O–H groups in total. The molecule has 2 aromatic heterocycles. The summed E-state index contributed by atoms with van der Waals surface area (Å²) in [7, 11) is 1.96. The van der Waals surface area contributed by atoms with Crippen LogP contribution < -0.4 is 5.32 Å². The molecular formula is C13H18ClN3S. The van der Waals surface area contributed by atoms with Crippen molar-refractivity contribution in [3.05, 3.63) is 39.3 Å². The summed E-state index contributed by atoms with van der Waals surface area (Å²) in [5, 5.41) is 10.7. The van der Waals surface area contributed by atoms with E-state index in [9.17, 15) is 0 Å². The molecular weight excluding hydrogens is 266 g/mol. The first-order valence-corrected chi connectivity index (χ1v) is 7.31. The number of hydrogen-bond acceptors (Lipinski definition) is 3. The molecule has 0 aliphatic rings. The lowest BCUT2D eigenvalue weighted by Crippen LogP contribution is -2.18. The van der Waals surface area contributed by atoms with Crippen molar-refractivity contribution in [2.45, 2.75) is 32.4 Å². The van der Waals surface area contributed by atoms with Crippen LogP contribution in [0.5, 0.6) is 0 Å². The number of aromatic nitrogens is 2. The molecule has 0 bridgehead atoms. The average molecular weight is 284 g/mol. The zero-order valence-corrected chi connectivity index (χ0v) is 12.4. The van der Waals surface area contributed by atoms with Crippen LogP contribution in [0.25, 0.3) is 0 Å². The number of nitrogens with zero attached hydrogens (tertiary/aromatic N) is 2. The Bertz CT molecular complexity index is 504. The van der Waals surface area contributed by atoms with Crippen molar-refractivity contribution in [2.24, 2.45) is 0 Å². The highest BCUT2D eigenvalue weighted by molar-refractivity contribution is 7.10. The summed E-state index contributed by atoms with van der Waals surface area (Å²) in [4.78, 5) is 1.18. The molecule has 1 atom stereocenters. The maximum absolute atomic E-state index is 6.18. The van der Waals surface area contributed by atoms with E-state index in [0.717, 1.165) is 17.1 Å². The Hall–Kier alpha value is -0.840. The van der Waals surface area contributed by atoms with E-state index in [0.29, 0.717) is 6.04 Å². The second-order valence-corrected chi connectivity index (χ2v) is 5.91. The maximum atomic E-state index is 6.18. The normalized spacial score (nSPS) is 13.2. The van der Waals surface area contributed by atoms with Gasteiger partial charge in [-0.15, -0.1) is 11.3 Å². The Morgan fingerprint density at radius 2 is 2.22 bits per heavy atom. The van der Waals surface area contributed by atoms with E-state index in [4.69, 9.17) is 11.6 Å². The van der Waals surface area contributed by atoms with Crippen LogP contribution in [-0.2, 0) is 6.42 Å². The summed E-state index contributed by atoms with van der Waals surface area (Å²) in [5.41, 5.74) is 1.09. The van der Waals surface area contributed by atoms with Gasteiger partial charge in [-0.3, -0.25) is 4.68 Å². The third kappa shape index (κ3) is 2.94. The Balaban J connectivity index is 2.13. The van der Waals surface area contributed by atoms with Gasteiger partial charge in [0.2, 0.25) is 0 Å².